The zero-order valence-electron chi connectivity index (χ0n) is 14.4. The highest BCUT2D eigenvalue weighted by atomic mass is 79.9. The number of benzene rings is 3. The monoisotopic (exact) mass is 421 g/mol. The SMILES string of the molecule is Brc1ccc2scc(CN(Cc3ccccc3)Cc3ccccc3)c2c1. The van der Waals surface area contributed by atoms with Gasteiger partial charge in [0.25, 0.3) is 0 Å². The van der Waals surface area contributed by atoms with E-state index in [1.54, 1.807) is 0 Å². The average Bonchev–Trinajstić information content (AvgIpc) is 3.05. The van der Waals surface area contributed by atoms with Crippen molar-refractivity contribution in [2.24, 2.45) is 0 Å². The molecule has 0 N–H and O–H groups in total. The summed E-state index contributed by atoms with van der Waals surface area (Å²) in [6.45, 7) is 2.84. The minimum Gasteiger partial charge on any atom is -0.291 e. The fourth-order valence-electron chi connectivity index (χ4n) is 3.27. The topological polar surface area (TPSA) is 3.24 Å². The van der Waals surface area contributed by atoms with E-state index in [0.717, 1.165) is 24.1 Å². The maximum absolute atomic E-state index is 3.62. The van der Waals surface area contributed by atoms with Crippen LogP contribution in [0, 0.1) is 0 Å². The van der Waals surface area contributed by atoms with Gasteiger partial charge in [-0.15, -0.1) is 11.3 Å². The average molecular weight is 422 g/mol. The molecule has 130 valence electrons. The van der Waals surface area contributed by atoms with Crippen LogP contribution >= 0.6 is 27.3 Å². The summed E-state index contributed by atoms with van der Waals surface area (Å²) < 4.78 is 2.49. The Kier molecular flexibility index (Phi) is 5.49. The molecule has 0 saturated heterocycles. The Balaban J connectivity index is 1.62. The van der Waals surface area contributed by atoms with Gasteiger partial charge in [-0.25, -0.2) is 0 Å². The summed E-state index contributed by atoms with van der Waals surface area (Å²) in [6, 6.07) is 28.0. The third-order valence-corrected chi connectivity index (χ3v) is 6.01. The molecule has 1 heterocycles. The Morgan fingerprint density at radius 2 is 1.35 bits per heavy atom. The number of thiophene rings is 1. The van der Waals surface area contributed by atoms with Crippen LogP contribution in [0.4, 0.5) is 0 Å². The minimum absolute atomic E-state index is 0.945. The quantitative estimate of drug-likeness (QED) is 0.328. The van der Waals surface area contributed by atoms with Gasteiger partial charge in [0, 0.05) is 28.8 Å². The van der Waals surface area contributed by atoms with E-state index in [0.29, 0.717) is 0 Å². The summed E-state index contributed by atoms with van der Waals surface area (Å²) in [5.41, 5.74) is 4.10. The normalized spacial score (nSPS) is 11.3. The second kappa shape index (κ2) is 8.17. The Morgan fingerprint density at radius 3 is 1.96 bits per heavy atom. The predicted molar refractivity (Wildman–Crippen MR) is 115 cm³/mol. The molecule has 3 heteroatoms. The van der Waals surface area contributed by atoms with E-state index >= 15 is 0 Å². The molecule has 0 amide bonds. The second-order valence-electron chi connectivity index (χ2n) is 6.52. The van der Waals surface area contributed by atoms with Gasteiger partial charge in [0.15, 0.2) is 0 Å². The largest absolute Gasteiger partial charge is 0.291 e. The first kappa shape index (κ1) is 17.5. The summed E-state index contributed by atoms with van der Waals surface area (Å²) in [4.78, 5) is 2.52. The highest BCUT2D eigenvalue weighted by Crippen LogP contribution is 2.30. The van der Waals surface area contributed by atoms with Crippen molar-refractivity contribution in [1.82, 2.24) is 4.90 Å². The molecule has 0 saturated carbocycles. The number of nitrogens with zero attached hydrogens (tertiary/aromatic N) is 1. The zero-order chi connectivity index (χ0) is 17.8. The van der Waals surface area contributed by atoms with Crippen molar-refractivity contribution < 1.29 is 0 Å². The van der Waals surface area contributed by atoms with E-state index in [1.165, 1.54) is 26.8 Å². The number of hydrogen-bond donors (Lipinski definition) is 0. The molecule has 0 atom stereocenters. The molecule has 0 radical (unpaired) electrons. The van der Waals surface area contributed by atoms with Crippen LogP contribution < -0.4 is 0 Å². The lowest BCUT2D eigenvalue weighted by molar-refractivity contribution is 0.249. The maximum Gasteiger partial charge on any atom is 0.0346 e. The fourth-order valence-corrected chi connectivity index (χ4v) is 4.56. The summed E-state index contributed by atoms with van der Waals surface area (Å²) in [5, 5.41) is 3.66. The van der Waals surface area contributed by atoms with Crippen molar-refractivity contribution in [3.05, 3.63) is 105 Å². The van der Waals surface area contributed by atoms with Crippen molar-refractivity contribution >= 4 is 37.4 Å². The predicted octanol–water partition coefficient (Wildman–Crippen LogP) is 6.87. The van der Waals surface area contributed by atoms with Gasteiger partial charge in [0.1, 0.15) is 0 Å². The molecule has 1 aromatic heterocycles. The third-order valence-electron chi connectivity index (χ3n) is 4.51. The van der Waals surface area contributed by atoms with Gasteiger partial charge in [-0.1, -0.05) is 76.6 Å². The molecule has 4 aromatic rings. The molecule has 0 bridgehead atoms. The minimum atomic E-state index is 0.945. The molecule has 0 spiro atoms. The van der Waals surface area contributed by atoms with Crippen molar-refractivity contribution in [3.63, 3.8) is 0 Å². The molecule has 0 fully saturated rings. The van der Waals surface area contributed by atoms with E-state index < -0.39 is 0 Å². The number of hydrogen-bond acceptors (Lipinski definition) is 2. The van der Waals surface area contributed by atoms with Crippen LogP contribution in [0.15, 0.2) is 88.7 Å². The van der Waals surface area contributed by atoms with Crippen LogP contribution in [-0.2, 0) is 19.6 Å². The molecule has 1 nitrogen and oxygen atoms in total. The van der Waals surface area contributed by atoms with E-state index in [1.807, 2.05) is 11.3 Å². The summed E-state index contributed by atoms with van der Waals surface area (Å²) >= 11 is 5.45. The first-order valence-corrected chi connectivity index (χ1v) is 10.4. The summed E-state index contributed by atoms with van der Waals surface area (Å²) in [5.74, 6) is 0. The van der Waals surface area contributed by atoms with Crippen molar-refractivity contribution in [2.75, 3.05) is 0 Å². The van der Waals surface area contributed by atoms with Crippen molar-refractivity contribution in [2.45, 2.75) is 19.6 Å². The fraction of sp³-hybridized carbons (Fsp3) is 0.130. The van der Waals surface area contributed by atoms with Crippen molar-refractivity contribution in [1.29, 1.82) is 0 Å². The van der Waals surface area contributed by atoms with Gasteiger partial charge in [0.2, 0.25) is 0 Å². The van der Waals surface area contributed by atoms with Crippen LogP contribution in [0.25, 0.3) is 10.1 Å². The van der Waals surface area contributed by atoms with Crippen molar-refractivity contribution in [3.8, 4) is 0 Å². The van der Waals surface area contributed by atoms with Gasteiger partial charge < -0.3 is 0 Å². The third kappa shape index (κ3) is 4.24. The van der Waals surface area contributed by atoms with Crippen LogP contribution in [0.3, 0.4) is 0 Å². The molecule has 26 heavy (non-hydrogen) atoms. The van der Waals surface area contributed by atoms with E-state index in [4.69, 9.17) is 0 Å². The highest BCUT2D eigenvalue weighted by molar-refractivity contribution is 9.10. The molecule has 0 unspecified atom stereocenters. The van der Waals surface area contributed by atoms with Gasteiger partial charge in [-0.05, 0) is 45.7 Å². The van der Waals surface area contributed by atoms with Gasteiger partial charge in [-0.3, -0.25) is 4.90 Å². The van der Waals surface area contributed by atoms with Gasteiger partial charge >= 0.3 is 0 Å². The van der Waals surface area contributed by atoms with E-state index in [-0.39, 0.29) is 0 Å². The second-order valence-corrected chi connectivity index (χ2v) is 8.34. The van der Waals surface area contributed by atoms with Gasteiger partial charge in [0.05, 0.1) is 0 Å². The Hall–Kier alpha value is -1.94. The smallest absolute Gasteiger partial charge is 0.0346 e. The molecular formula is C23H20BrNS. The molecule has 3 aromatic carbocycles. The van der Waals surface area contributed by atoms with E-state index in [9.17, 15) is 0 Å². The Bertz CT molecular complexity index is 937. The first-order valence-electron chi connectivity index (χ1n) is 8.74. The lowest BCUT2D eigenvalue weighted by Crippen LogP contribution is -2.22. The first-order chi connectivity index (χ1) is 12.8. The highest BCUT2D eigenvalue weighted by Gasteiger charge is 2.12. The van der Waals surface area contributed by atoms with Gasteiger partial charge in [-0.2, -0.15) is 0 Å². The number of rotatable bonds is 6. The lowest BCUT2D eigenvalue weighted by Gasteiger charge is -2.22. The number of fused-ring (bicyclic) bond motifs is 1. The molecule has 0 aliphatic carbocycles. The zero-order valence-corrected chi connectivity index (χ0v) is 16.8. The molecule has 4 rings (SSSR count). The van der Waals surface area contributed by atoms with Crippen LogP contribution in [0.5, 0.6) is 0 Å². The van der Waals surface area contributed by atoms with Crippen LogP contribution in [-0.4, -0.2) is 4.90 Å². The standard InChI is InChI=1S/C23H20BrNS/c24-21-11-12-23-22(13-21)20(17-26-23)16-25(14-18-7-3-1-4-8-18)15-19-9-5-2-6-10-19/h1-13,17H,14-16H2. The lowest BCUT2D eigenvalue weighted by atomic mass is 10.1. The molecular weight excluding hydrogens is 402 g/mol. The maximum atomic E-state index is 3.62. The molecule has 0 aliphatic heterocycles. The Labute approximate surface area is 167 Å². The summed E-state index contributed by atoms with van der Waals surface area (Å²) in [6.07, 6.45) is 0. The Morgan fingerprint density at radius 1 is 0.731 bits per heavy atom. The van der Waals surface area contributed by atoms with E-state index in [2.05, 4.69) is 105 Å². The van der Waals surface area contributed by atoms with Crippen LogP contribution in [0.2, 0.25) is 0 Å². The number of halogens is 1. The summed E-state index contributed by atoms with van der Waals surface area (Å²) in [7, 11) is 0. The molecule has 0 aliphatic rings. The van der Waals surface area contributed by atoms with Crippen LogP contribution in [0.1, 0.15) is 16.7 Å².